The van der Waals surface area contributed by atoms with Gasteiger partial charge < -0.3 is 5.11 Å². The van der Waals surface area contributed by atoms with Gasteiger partial charge in [-0.15, -0.1) is 0 Å². The van der Waals surface area contributed by atoms with Crippen LogP contribution in [0.15, 0.2) is 22.7 Å². The molecule has 1 aromatic heterocycles. The number of nitrogens with one attached hydrogen (secondary N) is 1. The second-order valence-corrected chi connectivity index (χ2v) is 5.71. The lowest BCUT2D eigenvalue weighted by Gasteiger charge is -2.22. The van der Waals surface area contributed by atoms with Crippen LogP contribution in [0.25, 0.3) is 0 Å². The van der Waals surface area contributed by atoms with Crippen LogP contribution in [-0.2, 0) is 0 Å². The molecule has 0 saturated heterocycles. The van der Waals surface area contributed by atoms with E-state index in [1.54, 1.807) is 12.1 Å². The summed E-state index contributed by atoms with van der Waals surface area (Å²) in [5.74, 6) is -2.02. The molecule has 2 aromatic rings. The highest BCUT2D eigenvalue weighted by Crippen LogP contribution is 2.38. The SMILES string of the molecule is O=C1CCC(c2ccc(F)c(Br)c2)c2c1n[nH]c2C(=O)O. The van der Waals surface area contributed by atoms with Crippen molar-refractivity contribution in [3.05, 3.63) is 51.0 Å². The van der Waals surface area contributed by atoms with Gasteiger partial charge in [0, 0.05) is 17.9 Å². The highest BCUT2D eigenvalue weighted by Gasteiger charge is 2.34. The number of carbonyl (C=O) groups is 2. The van der Waals surface area contributed by atoms with E-state index >= 15 is 0 Å². The highest BCUT2D eigenvalue weighted by molar-refractivity contribution is 9.10. The minimum absolute atomic E-state index is 0.0801. The largest absolute Gasteiger partial charge is 0.477 e. The van der Waals surface area contributed by atoms with Gasteiger partial charge in [-0.05, 0) is 40.0 Å². The number of fused-ring (bicyclic) bond motifs is 1. The van der Waals surface area contributed by atoms with E-state index in [2.05, 4.69) is 26.1 Å². The molecule has 1 heterocycles. The molecule has 1 aromatic carbocycles. The third-order valence-electron chi connectivity index (χ3n) is 3.64. The Balaban J connectivity index is 2.16. The maximum atomic E-state index is 13.4. The molecule has 0 aliphatic heterocycles. The van der Waals surface area contributed by atoms with E-state index in [9.17, 15) is 19.1 Å². The van der Waals surface area contributed by atoms with Gasteiger partial charge in [-0.2, -0.15) is 5.10 Å². The summed E-state index contributed by atoms with van der Waals surface area (Å²) in [6.07, 6.45) is 0.764. The van der Waals surface area contributed by atoms with Crippen LogP contribution < -0.4 is 0 Å². The van der Waals surface area contributed by atoms with Crippen LogP contribution in [0.2, 0.25) is 0 Å². The van der Waals surface area contributed by atoms with Crippen LogP contribution in [0.4, 0.5) is 4.39 Å². The molecule has 1 aliphatic carbocycles. The van der Waals surface area contributed by atoms with Gasteiger partial charge in [0.2, 0.25) is 0 Å². The van der Waals surface area contributed by atoms with Gasteiger partial charge in [-0.3, -0.25) is 9.89 Å². The van der Waals surface area contributed by atoms with Gasteiger partial charge in [0.1, 0.15) is 17.2 Å². The van der Waals surface area contributed by atoms with Crippen LogP contribution in [0, 0.1) is 5.82 Å². The van der Waals surface area contributed by atoms with E-state index in [1.165, 1.54) is 6.07 Å². The van der Waals surface area contributed by atoms with E-state index in [0.717, 1.165) is 5.56 Å². The minimum Gasteiger partial charge on any atom is -0.477 e. The van der Waals surface area contributed by atoms with Crippen LogP contribution >= 0.6 is 15.9 Å². The summed E-state index contributed by atoms with van der Waals surface area (Å²) >= 11 is 3.12. The first-order valence-electron chi connectivity index (χ1n) is 6.28. The lowest BCUT2D eigenvalue weighted by Crippen LogP contribution is -2.18. The number of carbonyl (C=O) groups excluding carboxylic acids is 1. The zero-order chi connectivity index (χ0) is 15.1. The van der Waals surface area contributed by atoms with Crippen LogP contribution in [0.3, 0.4) is 0 Å². The van der Waals surface area contributed by atoms with Crippen LogP contribution in [0.1, 0.15) is 50.9 Å². The van der Waals surface area contributed by atoms with Gasteiger partial charge >= 0.3 is 5.97 Å². The summed E-state index contributed by atoms with van der Waals surface area (Å²) in [5, 5.41) is 15.5. The van der Waals surface area contributed by atoms with Crippen molar-refractivity contribution in [3.8, 4) is 0 Å². The normalized spacial score (nSPS) is 17.6. The van der Waals surface area contributed by atoms with E-state index in [4.69, 9.17) is 0 Å². The van der Waals surface area contributed by atoms with Crippen molar-refractivity contribution in [2.75, 3.05) is 0 Å². The number of aromatic nitrogens is 2. The van der Waals surface area contributed by atoms with E-state index in [0.29, 0.717) is 16.5 Å². The topological polar surface area (TPSA) is 83.0 Å². The number of aromatic carboxylic acids is 1. The Labute approximate surface area is 127 Å². The van der Waals surface area contributed by atoms with Crippen molar-refractivity contribution in [1.82, 2.24) is 10.2 Å². The van der Waals surface area contributed by atoms with Gasteiger partial charge in [0.15, 0.2) is 5.78 Å². The molecule has 1 unspecified atom stereocenters. The summed E-state index contributed by atoms with van der Waals surface area (Å²) in [6.45, 7) is 0. The molecule has 0 fully saturated rings. The molecule has 0 saturated carbocycles. The molecule has 0 spiro atoms. The quantitative estimate of drug-likeness (QED) is 0.869. The molecule has 1 aliphatic rings. The van der Waals surface area contributed by atoms with E-state index in [-0.39, 0.29) is 29.5 Å². The Morgan fingerprint density at radius 1 is 1.48 bits per heavy atom. The lowest BCUT2D eigenvalue weighted by atomic mass is 9.80. The number of hydrogen-bond acceptors (Lipinski definition) is 3. The monoisotopic (exact) mass is 352 g/mol. The second kappa shape index (κ2) is 5.07. The average molecular weight is 353 g/mol. The van der Waals surface area contributed by atoms with Crippen molar-refractivity contribution in [2.24, 2.45) is 0 Å². The molecule has 108 valence electrons. The van der Waals surface area contributed by atoms with Crippen molar-refractivity contribution < 1.29 is 19.1 Å². The number of aromatic amines is 1. The predicted molar refractivity (Wildman–Crippen MR) is 75.1 cm³/mol. The number of rotatable bonds is 2. The number of ketones is 1. The molecule has 21 heavy (non-hydrogen) atoms. The summed E-state index contributed by atoms with van der Waals surface area (Å²) in [5.41, 5.74) is 1.23. The van der Waals surface area contributed by atoms with Crippen molar-refractivity contribution >= 4 is 27.7 Å². The van der Waals surface area contributed by atoms with Gasteiger partial charge in [-0.1, -0.05) is 6.07 Å². The molecule has 3 rings (SSSR count). The maximum absolute atomic E-state index is 13.4. The molecule has 0 amide bonds. The third-order valence-corrected chi connectivity index (χ3v) is 4.24. The Bertz CT molecular complexity index is 743. The minimum atomic E-state index is -1.16. The smallest absolute Gasteiger partial charge is 0.354 e. The predicted octanol–water partition coefficient (Wildman–Crippen LogP) is 3.12. The first-order valence-corrected chi connectivity index (χ1v) is 7.08. The Kier molecular flexibility index (Phi) is 3.36. The number of hydrogen-bond donors (Lipinski definition) is 2. The summed E-state index contributed by atoms with van der Waals surface area (Å²) in [6, 6.07) is 4.53. The van der Waals surface area contributed by atoms with E-state index in [1.807, 2.05) is 0 Å². The Morgan fingerprint density at radius 2 is 2.24 bits per heavy atom. The third kappa shape index (κ3) is 2.27. The zero-order valence-electron chi connectivity index (χ0n) is 10.7. The summed E-state index contributed by atoms with van der Waals surface area (Å²) in [7, 11) is 0. The Hall–Kier alpha value is -2.02. The molecule has 5 nitrogen and oxygen atoms in total. The fourth-order valence-corrected chi connectivity index (χ4v) is 3.06. The fourth-order valence-electron chi connectivity index (χ4n) is 2.67. The van der Waals surface area contributed by atoms with Gasteiger partial charge in [-0.25, -0.2) is 9.18 Å². The number of Topliss-reactive ketones (excluding diaryl/α,β-unsaturated/α-hetero) is 1. The second-order valence-electron chi connectivity index (χ2n) is 4.85. The first kappa shape index (κ1) is 13.9. The van der Waals surface area contributed by atoms with Crippen molar-refractivity contribution in [3.63, 3.8) is 0 Å². The first-order chi connectivity index (χ1) is 9.99. The zero-order valence-corrected chi connectivity index (χ0v) is 12.3. The Morgan fingerprint density at radius 3 is 2.90 bits per heavy atom. The summed E-state index contributed by atoms with van der Waals surface area (Å²) in [4.78, 5) is 23.2. The van der Waals surface area contributed by atoms with Crippen molar-refractivity contribution in [2.45, 2.75) is 18.8 Å². The maximum Gasteiger partial charge on any atom is 0.354 e. The lowest BCUT2D eigenvalue weighted by molar-refractivity contribution is 0.0689. The number of H-pyrrole nitrogens is 1. The number of nitrogens with zero attached hydrogens (tertiary/aromatic N) is 1. The fraction of sp³-hybridized carbons (Fsp3) is 0.214. The number of carboxylic acids is 1. The molecular formula is C14H10BrFN2O3. The number of benzene rings is 1. The molecule has 7 heteroatoms. The molecule has 1 atom stereocenters. The standard InChI is InChI=1S/C14H10BrFN2O3/c15-8-5-6(1-3-9(8)16)7-2-4-10(19)12-11(7)13(14(20)21)18-17-12/h1,3,5,7H,2,4H2,(H,17,18)(H,20,21). The summed E-state index contributed by atoms with van der Waals surface area (Å²) < 4.78 is 13.7. The molecule has 0 bridgehead atoms. The molecule has 2 N–H and O–H groups in total. The molecular weight excluding hydrogens is 343 g/mol. The highest BCUT2D eigenvalue weighted by atomic mass is 79.9. The van der Waals surface area contributed by atoms with Crippen molar-refractivity contribution in [1.29, 1.82) is 0 Å². The average Bonchev–Trinajstić information content (AvgIpc) is 2.88. The molecule has 0 radical (unpaired) electrons. The van der Waals surface area contributed by atoms with Gasteiger partial charge in [0.25, 0.3) is 0 Å². The van der Waals surface area contributed by atoms with E-state index < -0.39 is 11.8 Å². The van der Waals surface area contributed by atoms with Crippen LogP contribution in [0.5, 0.6) is 0 Å². The van der Waals surface area contributed by atoms with Gasteiger partial charge in [0.05, 0.1) is 4.47 Å². The van der Waals surface area contributed by atoms with Crippen LogP contribution in [-0.4, -0.2) is 27.1 Å². The number of halogens is 2. The number of carboxylic acid groups (broad SMARTS) is 1.